The number of nitrogens with zero attached hydrogens (tertiary/aromatic N) is 1. The zero-order valence-electron chi connectivity index (χ0n) is 12.7. The number of rotatable bonds is 5. The fourth-order valence-electron chi connectivity index (χ4n) is 2.45. The molecule has 130 valence electrons. The molecule has 0 unspecified atom stereocenters. The van der Waals surface area contributed by atoms with Crippen molar-refractivity contribution in [2.75, 3.05) is 13.1 Å². The normalized spacial score (nSPS) is 14.1. The highest BCUT2D eigenvalue weighted by Crippen LogP contribution is 2.25. The summed E-state index contributed by atoms with van der Waals surface area (Å²) in [5, 5.41) is 0.772. The van der Waals surface area contributed by atoms with Crippen molar-refractivity contribution < 1.29 is 18.0 Å². The molecule has 1 aliphatic heterocycles. The van der Waals surface area contributed by atoms with E-state index in [0.29, 0.717) is 10.0 Å². The van der Waals surface area contributed by atoms with Crippen LogP contribution in [-0.4, -0.2) is 38.2 Å². The number of imide groups is 1. The molecule has 2 aromatic rings. The molecule has 0 saturated heterocycles. The summed E-state index contributed by atoms with van der Waals surface area (Å²) in [5.74, 6) is -0.962. The SMILES string of the molecule is O=C1c2ccc(Cl)cc2C(=O)N1CCNS(=O)(=O)c1ccc(Cl)cc1. The van der Waals surface area contributed by atoms with Gasteiger partial charge >= 0.3 is 0 Å². The molecule has 1 heterocycles. The van der Waals surface area contributed by atoms with Gasteiger partial charge in [0.05, 0.1) is 16.0 Å². The number of hydrogen-bond acceptors (Lipinski definition) is 4. The number of halogens is 2. The Morgan fingerprint density at radius 3 is 2.16 bits per heavy atom. The fourth-order valence-corrected chi connectivity index (χ4v) is 3.77. The molecule has 0 spiro atoms. The molecule has 2 amide bonds. The van der Waals surface area contributed by atoms with E-state index in [4.69, 9.17) is 23.2 Å². The van der Waals surface area contributed by atoms with Crippen molar-refractivity contribution in [3.63, 3.8) is 0 Å². The summed E-state index contributed by atoms with van der Waals surface area (Å²) in [5.41, 5.74) is 0.480. The van der Waals surface area contributed by atoms with Crippen LogP contribution in [0.15, 0.2) is 47.4 Å². The van der Waals surface area contributed by atoms with Crippen LogP contribution in [0.25, 0.3) is 0 Å². The van der Waals surface area contributed by atoms with Gasteiger partial charge in [0.25, 0.3) is 11.8 Å². The maximum atomic E-state index is 12.3. The van der Waals surface area contributed by atoms with Crippen LogP contribution in [-0.2, 0) is 10.0 Å². The van der Waals surface area contributed by atoms with Crippen LogP contribution in [0.2, 0.25) is 10.0 Å². The Morgan fingerprint density at radius 1 is 0.880 bits per heavy atom. The molecule has 0 saturated carbocycles. The number of amides is 2. The average Bonchev–Trinajstić information content (AvgIpc) is 2.79. The summed E-state index contributed by atoms with van der Waals surface area (Å²) in [7, 11) is -3.76. The van der Waals surface area contributed by atoms with E-state index in [-0.39, 0.29) is 29.1 Å². The third-order valence-electron chi connectivity index (χ3n) is 3.68. The van der Waals surface area contributed by atoms with Crippen LogP contribution in [0.1, 0.15) is 20.7 Å². The van der Waals surface area contributed by atoms with Crippen LogP contribution in [0.4, 0.5) is 0 Å². The smallest absolute Gasteiger partial charge is 0.261 e. The van der Waals surface area contributed by atoms with Crippen LogP contribution in [0.5, 0.6) is 0 Å². The van der Waals surface area contributed by atoms with Crippen LogP contribution in [0.3, 0.4) is 0 Å². The van der Waals surface area contributed by atoms with Gasteiger partial charge < -0.3 is 0 Å². The fraction of sp³-hybridized carbons (Fsp3) is 0.125. The minimum absolute atomic E-state index is 0.0473. The van der Waals surface area contributed by atoms with Crippen LogP contribution < -0.4 is 4.72 Å². The van der Waals surface area contributed by atoms with E-state index in [0.717, 1.165) is 4.90 Å². The first-order chi connectivity index (χ1) is 11.8. The Labute approximate surface area is 154 Å². The van der Waals surface area contributed by atoms with E-state index in [1.807, 2.05) is 0 Å². The van der Waals surface area contributed by atoms with Crippen molar-refractivity contribution in [2.45, 2.75) is 4.90 Å². The van der Waals surface area contributed by atoms with Gasteiger partial charge in [0.2, 0.25) is 10.0 Å². The number of benzene rings is 2. The molecule has 0 fully saturated rings. The standard InChI is InChI=1S/C16H12Cl2N2O4S/c17-10-1-4-12(5-2-10)25(23,24)19-7-8-20-15(21)13-6-3-11(18)9-14(13)16(20)22/h1-6,9,19H,7-8H2. The molecular weight excluding hydrogens is 387 g/mol. The number of carbonyl (C=O) groups is 2. The van der Waals surface area contributed by atoms with E-state index in [9.17, 15) is 18.0 Å². The lowest BCUT2D eigenvalue weighted by molar-refractivity contribution is 0.0657. The molecule has 0 atom stereocenters. The summed E-state index contributed by atoms with van der Waals surface area (Å²) in [6, 6.07) is 10.1. The van der Waals surface area contributed by atoms with Gasteiger partial charge in [0.15, 0.2) is 0 Å². The van der Waals surface area contributed by atoms with Crippen molar-refractivity contribution in [3.8, 4) is 0 Å². The van der Waals surface area contributed by atoms with E-state index in [1.54, 1.807) is 0 Å². The molecule has 9 heteroatoms. The van der Waals surface area contributed by atoms with E-state index in [2.05, 4.69) is 4.72 Å². The number of sulfonamides is 1. The van der Waals surface area contributed by atoms with Gasteiger partial charge in [-0.25, -0.2) is 13.1 Å². The Hall–Kier alpha value is -1.93. The van der Waals surface area contributed by atoms with Gasteiger partial charge in [-0.05, 0) is 42.5 Å². The number of nitrogens with one attached hydrogen (secondary N) is 1. The highest BCUT2D eigenvalue weighted by molar-refractivity contribution is 7.89. The molecule has 0 radical (unpaired) electrons. The molecule has 6 nitrogen and oxygen atoms in total. The Bertz CT molecular complexity index is 959. The second kappa shape index (κ2) is 6.76. The first-order valence-electron chi connectivity index (χ1n) is 7.20. The maximum absolute atomic E-state index is 12.3. The third kappa shape index (κ3) is 3.55. The van der Waals surface area contributed by atoms with Crippen molar-refractivity contribution in [1.29, 1.82) is 0 Å². The number of fused-ring (bicyclic) bond motifs is 1. The molecule has 0 aromatic heterocycles. The molecule has 0 bridgehead atoms. The third-order valence-corrected chi connectivity index (χ3v) is 5.65. The topological polar surface area (TPSA) is 83.6 Å². The molecule has 25 heavy (non-hydrogen) atoms. The maximum Gasteiger partial charge on any atom is 0.261 e. The molecule has 2 aromatic carbocycles. The predicted octanol–water partition coefficient (Wildman–Crippen LogP) is 2.57. The van der Waals surface area contributed by atoms with Gasteiger partial charge in [-0.2, -0.15) is 0 Å². The summed E-state index contributed by atoms with van der Waals surface area (Å²) < 4.78 is 26.7. The molecule has 3 rings (SSSR count). The minimum atomic E-state index is -3.76. The lowest BCUT2D eigenvalue weighted by Gasteiger charge is -2.14. The molecular formula is C16H12Cl2N2O4S. The van der Waals surface area contributed by atoms with Crippen molar-refractivity contribution in [3.05, 3.63) is 63.6 Å². The highest BCUT2D eigenvalue weighted by atomic mass is 35.5. The van der Waals surface area contributed by atoms with Crippen LogP contribution >= 0.6 is 23.2 Å². The van der Waals surface area contributed by atoms with Gasteiger partial charge in [-0.1, -0.05) is 23.2 Å². The van der Waals surface area contributed by atoms with Gasteiger partial charge in [-0.15, -0.1) is 0 Å². The number of carbonyl (C=O) groups excluding carboxylic acids is 2. The first-order valence-corrected chi connectivity index (χ1v) is 9.44. The lowest BCUT2D eigenvalue weighted by Crippen LogP contribution is -2.38. The summed E-state index contributed by atoms with van der Waals surface area (Å²) in [4.78, 5) is 25.6. The van der Waals surface area contributed by atoms with Crippen LogP contribution in [0, 0.1) is 0 Å². The van der Waals surface area contributed by atoms with Gasteiger partial charge in [-0.3, -0.25) is 14.5 Å². The second-order valence-electron chi connectivity index (χ2n) is 5.30. The predicted molar refractivity (Wildman–Crippen MR) is 93.5 cm³/mol. The van der Waals surface area contributed by atoms with Crippen molar-refractivity contribution >= 4 is 45.0 Å². The quantitative estimate of drug-likeness (QED) is 0.784. The first kappa shape index (κ1) is 17.9. The Kier molecular flexibility index (Phi) is 4.83. The van der Waals surface area contributed by atoms with E-state index in [1.165, 1.54) is 42.5 Å². The summed E-state index contributed by atoms with van der Waals surface area (Å²) in [6.45, 7) is -0.194. The van der Waals surface area contributed by atoms with E-state index < -0.39 is 21.8 Å². The molecule has 1 aliphatic rings. The highest BCUT2D eigenvalue weighted by Gasteiger charge is 2.35. The zero-order chi connectivity index (χ0) is 18.2. The number of hydrogen-bond donors (Lipinski definition) is 1. The van der Waals surface area contributed by atoms with Crippen molar-refractivity contribution in [2.24, 2.45) is 0 Å². The van der Waals surface area contributed by atoms with Gasteiger partial charge in [0.1, 0.15) is 0 Å². The largest absolute Gasteiger partial charge is 0.273 e. The molecule has 0 aliphatic carbocycles. The average molecular weight is 399 g/mol. The second-order valence-corrected chi connectivity index (χ2v) is 7.94. The minimum Gasteiger partial charge on any atom is -0.273 e. The lowest BCUT2D eigenvalue weighted by atomic mass is 10.1. The van der Waals surface area contributed by atoms with Crippen molar-refractivity contribution in [1.82, 2.24) is 9.62 Å². The monoisotopic (exact) mass is 398 g/mol. The molecule has 1 N–H and O–H groups in total. The Morgan fingerprint density at radius 2 is 1.48 bits per heavy atom. The summed E-state index contributed by atoms with van der Waals surface area (Å²) in [6.07, 6.45) is 0. The summed E-state index contributed by atoms with van der Waals surface area (Å²) >= 11 is 11.6. The van der Waals surface area contributed by atoms with E-state index >= 15 is 0 Å². The zero-order valence-corrected chi connectivity index (χ0v) is 15.0. The van der Waals surface area contributed by atoms with Gasteiger partial charge in [0, 0.05) is 23.1 Å². The Balaban J connectivity index is 1.68.